The maximum Gasteiger partial charge on any atom is 0.305 e. The molecule has 1 rings (SSSR count). The first-order chi connectivity index (χ1) is 27.1. The number of carboxylic acids is 1. The van der Waals surface area contributed by atoms with E-state index < -0.39 is 12.0 Å². The lowest BCUT2D eigenvalue weighted by molar-refractivity contribution is -0.138. The zero-order valence-corrected chi connectivity index (χ0v) is 33.9. The predicted octanol–water partition coefficient (Wildman–Crippen LogP) is 0.707. The van der Waals surface area contributed by atoms with E-state index in [0.29, 0.717) is 137 Å². The number of carbonyl (C=O) groups is 4. The monoisotopic (exact) mass is 805 g/mol. The molecule has 0 radical (unpaired) electrons. The van der Waals surface area contributed by atoms with E-state index >= 15 is 0 Å². The molecule has 0 aliphatic carbocycles. The molecule has 0 spiro atoms. The van der Waals surface area contributed by atoms with Crippen LogP contribution in [0.25, 0.3) is 0 Å². The summed E-state index contributed by atoms with van der Waals surface area (Å²) in [5.41, 5.74) is 0.514. The molecule has 0 saturated carbocycles. The van der Waals surface area contributed by atoms with E-state index in [0.717, 1.165) is 6.42 Å². The van der Waals surface area contributed by atoms with Gasteiger partial charge in [0.1, 0.15) is 6.54 Å². The second kappa shape index (κ2) is 35.1. The van der Waals surface area contributed by atoms with Gasteiger partial charge in [-0.05, 0) is 12.3 Å². The minimum absolute atomic E-state index is 0.0140. The van der Waals surface area contributed by atoms with Crippen molar-refractivity contribution in [2.75, 3.05) is 125 Å². The molecule has 0 unspecified atom stereocenters. The Hall–Kier alpha value is -3.14. The van der Waals surface area contributed by atoms with Gasteiger partial charge in [-0.25, -0.2) is 4.68 Å². The number of nitrogens with zero attached hydrogens (tertiary/aromatic N) is 3. The standard InChI is InChI=1S/C37H67N5O14/c1-30(2)5-6-34(43)39-33(37(47)31(3)4)27-32-28-42(41-40-32)29-35(44)38-8-10-49-12-14-51-16-18-53-20-22-55-24-26-56-25-23-54-21-19-52-17-15-50-13-11-48-9-7-36(45)46/h28,30-31,33H,5-27,29H2,1-4H3,(H,38,44)(H,39,43)(H,45,46)/t33-/m1/s1. The number of amides is 2. The Balaban J connectivity index is 1.89. The number of Topliss-reactive ketones (excluding diaryl/α,β-unsaturated/α-hetero) is 1. The van der Waals surface area contributed by atoms with Crippen molar-refractivity contribution in [1.82, 2.24) is 25.6 Å². The molecule has 1 heterocycles. The van der Waals surface area contributed by atoms with Crippen LogP contribution >= 0.6 is 0 Å². The number of ether oxygens (including phenoxy) is 9. The second-order valence-electron chi connectivity index (χ2n) is 13.2. The van der Waals surface area contributed by atoms with E-state index in [9.17, 15) is 19.2 Å². The van der Waals surface area contributed by atoms with Gasteiger partial charge in [0.15, 0.2) is 5.78 Å². The van der Waals surface area contributed by atoms with Crippen LogP contribution in [0.2, 0.25) is 0 Å². The summed E-state index contributed by atoms with van der Waals surface area (Å²) in [5, 5.41) is 22.2. The van der Waals surface area contributed by atoms with E-state index in [-0.39, 0.29) is 49.5 Å². The van der Waals surface area contributed by atoms with Crippen LogP contribution in [0.15, 0.2) is 6.20 Å². The minimum Gasteiger partial charge on any atom is -0.481 e. The summed E-state index contributed by atoms with van der Waals surface area (Å²) < 4.78 is 50.1. The van der Waals surface area contributed by atoms with Crippen LogP contribution in [-0.4, -0.2) is 175 Å². The molecule has 324 valence electrons. The fourth-order valence-electron chi connectivity index (χ4n) is 4.52. The number of rotatable bonds is 40. The Morgan fingerprint density at radius 1 is 0.625 bits per heavy atom. The van der Waals surface area contributed by atoms with Gasteiger partial charge in [0.05, 0.1) is 137 Å². The Labute approximate surface area is 331 Å². The van der Waals surface area contributed by atoms with Gasteiger partial charge < -0.3 is 58.4 Å². The Morgan fingerprint density at radius 3 is 1.46 bits per heavy atom. The number of aromatic nitrogens is 3. The van der Waals surface area contributed by atoms with Gasteiger partial charge in [0.2, 0.25) is 11.8 Å². The molecule has 0 aliphatic heterocycles. The number of carboxylic acid groups (broad SMARTS) is 1. The molecule has 19 nitrogen and oxygen atoms in total. The normalized spacial score (nSPS) is 12.0. The van der Waals surface area contributed by atoms with Crippen LogP contribution in [0, 0.1) is 11.8 Å². The van der Waals surface area contributed by atoms with E-state index in [1.54, 1.807) is 20.0 Å². The van der Waals surface area contributed by atoms with Crippen LogP contribution in [0.4, 0.5) is 0 Å². The summed E-state index contributed by atoms with van der Waals surface area (Å²) >= 11 is 0. The maximum atomic E-state index is 12.7. The average Bonchev–Trinajstić information content (AvgIpc) is 3.60. The van der Waals surface area contributed by atoms with E-state index in [2.05, 4.69) is 20.9 Å². The fourth-order valence-corrected chi connectivity index (χ4v) is 4.52. The molecule has 1 aromatic heterocycles. The molecular formula is C37H67N5O14. The lowest BCUT2D eigenvalue weighted by Crippen LogP contribution is -2.44. The number of aliphatic carboxylic acids is 1. The zero-order valence-electron chi connectivity index (χ0n) is 33.9. The predicted molar refractivity (Wildman–Crippen MR) is 202 cm³/mol. The van der Waals surface area contributed by atoms with Crippen LogP contribution in [-0.2, 0) is 74.8 Å². The van der Waals surface area contributed by atoms with Crippen molar-refractivity contribution in [2.45, 2.75) is 66.0 Å². The fraction of sp³-hybridized carbons (Fsp3) is 0.838. The highest BCUT2D eigenvalue weighted by Crippen LogP contribution is 2.09. The number of nitrogens with one attached hydrogen (secondary N) is 2. The van der Waals surface area contributed by atoms with E-state index in [1.807, 2.05) is 13.8 Å². The van der Waals surface area contributed by atoms with Crippen molar-refractivity contribution in [3.63, 3.8) is 0 Å². The first kappa shape index (κ1) is 50.9. The van der Waals surface area contributed by atoms with Crippen molar-refractivity contribution >= 4 is 23.6 Å². The van der Waals surface area contributed by atoms with Crippen LogP contribution in [0.5, 0.6) is 0 Å². The third-order valence-corrected chi connectivity index (χ3v) is 7.51. The molecule has 2 amide bonds. The molecule has 0 bridgehead atoms. The highest BCUT2D eigenvalue weighted by atomic mass is 16.6. The smallest absolute Gasteiger partial charge is 0.305 e. The molecule has 0 saturated heterocycles. The summed E-state index contributed by atoms with van der Waals surface area (Å²) in [6.07, 6.45) is 2.89. The van der Waals surface area contributed by atoms with Crippen molar-refractivity contribution in [3.05, 3.63) is 11.9 Å². The topological polar surface area (TPSA) is 226 Å². The molecule has 1 aromatic rings. The number of ketones is 1. The quantitative estimate of drug-likeness (QED) is 0.0777. The summed E-state index contributed by atoms with van der Waals surface area (Å²) in [6, 6.07) is -0.700. The summed E-state index contributed by atoms with van der Waals surface area (Å²) in [6.45, 7) is 15.3. The maximum absolute atomic E-state index is 12.7. The van der Waals surface area contributed by atoms with Crippen LogP contribution in [0.3, 0.4) is 0 Å². The Kier molecular flexibility index (Phi) is 31.9. The first-order valence-electron chi connectivity index (χ1n) is 19.5. The Morgan fingerprint density at radius 2 is 1.05 bits per heavy atom. The molecule has 0 fully saturated rings. The molecule has 1 atom stereocenters. The van der Waals surface area contributed by atoms with Gasteiger partial charge in [0, 0.05) is 31.5 Å². The molecule has 56 heavy (non-hydrogen) atoms. The lowest BCUT2D eigenvalue weighted by Gasteiger charge is -2.19. The zero-order chi connectivity index (χ0) is 41.1. The third-order valence-electron chi connectivity index (χ3n) is 7.51. The molecule has 0 aliphatic rings. The van der Waals surface area contributed by atoms with E-state index in [4.69, 9.17) is 47.7 Å². The summed E-state index contributed by atoms with van der Waals surface area (Å²) in [5.74, 6) is -1.25. The number of hydrogen-bond donors (Lipinski definition) is 3. The molecule has 0 aromatic carbocycles. The number of carbonyl (C=O) groups excluding carboxylic acids is 3. The number of hydrogen-bond acceptors (Lipinski definition) is 15. The Bertz CT molecular complexity index is 1160. The second-order valence-corrected chi connectivity index (χ2v) is 13.2. The van der Waals surface area contributed by atoms with Gasteiger partial charge in [-0.1, -0.05) is 32.9 Å². The SMILES string of the molecule is CC(C)CCC(=O)N[C@H](Cc1cn(CC(=O)NCCOCCOCCOCCOCCOCCOCCOCCOCCOCCC(=O)O)nn1)C(=O)C(C)C. The van der Waals surface area contributed by atoms with Crippen LogP contribution in [0.1, 0.15) is 52.7 Å². The van der Waals surface area contributed by atoms with Gasteiger partial charge in [-0.15, -0.1) is 5.10 Å². The van der Waals surface area contributed by atoms with Gasteiger partial charge in [0.25, 0.3) is 0 Å². The average molecular weight is 806 g/mol. The van der Waals surface area contributed by atoms with Gasteiger partial charge in [-0.3, -0.25) is 19.2 Å². The van der Waals surface area contributed by atoms with Crippen molar-refractivity contribution < 1.29 is 66.9 Å². The van der Waals surface area contributed by atoms with Gasteiger partial charge in [-0.2, -0.15) is 0 Å². The van der Waals surface area contributed by atoms with Crippen LogP contribution < -0.4 is 10.6 Å². The summed E-state index contributed by atoms with van der Waals surface area (Å²) in [7, 11) is 0. The minimum atomic E-state index is -0.884. The van der Waals surface area contributed by atoms with E-state index in [1.165, 1.54) is 4.68 Å². The molecular weight excluding hydrogens is 738 g/mol. The summed E-state index contributed by atoms with van der Waals surface area (Å²) in [4.78, 5) is 47.8. The lowest BCUT2D eigenvalue weighted by atomic mass is 9.97. The molecule has 3 N–H and O–H groups in total. The third kappa shape index (κ3) is 31.0. The van der Waals surface area contributed by atoms with Crippen molar-refractivity contribution in [1.29, 1.82) is 0 Å². The largest absolute Gasteiger partial charge is 0.481 e. The van der Waals surface area contributed by atoms with Crippen molar-refractivity contribution in [3.8, 4) is 0 Å². The highest BCUT2D eigenvalue weighted by Gasteiger charge is 2.25. The molecule has 19 heteroatoms. The highest BCUT2D eigenvalue weighted by molar-refractivity contribution is 5.90. The first-order valence-corrected chi connectivity index (χ1v) is 19.5. The van der Waals surface area contributed by atoms with Crippen molar-refractivity contribution in [2.24, 2.45) is 11.8 Å². The van der Waals surface area contributed by atoms with Gasteiger partial charge >= 0.3 is 5.97 Å².